The molecule has 27 heavy (non-hydrogen) atoms. The zero-order valence-electron chi connectivity index (χ0n) is 14.6. The molecular formula is C19H20N4O3S. The minimum absolute atomic E-state index is 0.0455. The summed E-state index contributed by atoms with van der Waals surface area (Å²) in [6.45, 7) is 1.03. The van der Waals surface area contributed by atoms with Crippen molar-refractivity contribution in [1.82, 2.24) is 19.6 Å². The van der Waals surface area contributed by atoms with Crippen molar-refractivity contribution >= 4 is 27.0 Å². The molecule has 0 spiro atoms. The Morgan fingerprint density at radius 2 is 1.85 bits per heavy atom. The minimum atomic E-state index is -3.53. The van der Waals surface area contributed by atoms with E-state index in [1.807, 2.05) is 6.07 Å². The molecule has 0 aliphatic carbocycles. The van der Waals surface area contributed by atoms with Crippen LogP contribution in [0.25, 0.3) is 11.0 Å². The number of H-pyrrole nitrogens is 1. The number of aromatic nitrogens is 2. The number of piperidine rings is 1. The SMILES string of the molecule is O=C(c1ccc2nc[nH]c2c1)N1CCC(NS(=O)(=O)c2ccccc2)CC1. The summed E-state index contributed by atoms with van der Waals surface area (Å²) in [7, 11) is -3.53. The van der Waals surface area contributed by atoms with Gasteiger partial charge in [0.2, 0.25) is 10.0 Å². The van der Waals surface area contributed by atoms with E-state index in [4.69, 9.17) is 0 Å². The third kappa shape index (κ3) is 3.72. The number of hydrogen-bond donors (Lipinski definition) is 2. The number of imidazole rings is 1. The van der Waals surface area contributed by atoms with Gasteiger partial charge in [0.05, 0.1) is 22.3 Å². The average Bonchev–Trinajstić information content (AvgIpc) is 3.16. The standard InChI is InChI=1S/C19H20N4O3S/c24-19(14-6-7-17-18(12-14)21-13-20-17)23-10-8-15(9-11-23)22-27(25,26)16-4-2-1-3-5-16/h1-7,12-13,15,22H,8-11H2,(H,20,21). The summed E-state index contributed by atoms with van der Waals surface area (Å²) in [5, 5.41) is 0. The molecule has 0 saturated carbocycles. The maximum atomic E-state index is 12.7. The van der Waals surface area contributed by atoms with Crippen molar-refractivity contribution < 1.29 is 13.2 Å². The number of aromatic amines is 1. The normalized spacial score (nSPS) is 15.9. The molecule has 0 atom stereocenters. The van der Waals surface area contributed by atoms with Gasteiger partial charge in [0.1, 0.15) is 0 Å². The molecule has 140 valence electrons. The van der Waals surface area contributed by atoms with E-state index < -0.39 is 10.0 Å². The first-order chi connectivity index (χ1) is 13.0. The molecule has 8 heteroatoms. The molecular weight excluding hydrogens is 364 g/mol. The first-order valence-electron chi connectivity index (χ1n) is 8.83. The monoisotopic (exact) mass is 384 g/mol. The molecule has 1 amide bonds. The van der Waals surface area contributed by atoms with Gasteiger partial charge in [0.15, 0.2) is 0 Å². The smallest absolute Gasteiger partial charge is 0.253 e. The number of amides is 1. The Morgan fingerprint density at radius 3 is 2.59 bits per heavy atom. The fourth-order valence-electron chi connectivity index (χ4n) is 3.34. The number of sulfonamides is 1. The predicted molar refractivity (Wildman–Crippen MR) is 102 cm³/mol. The number of likely N-dealkylation sites (tertiary alicyclic amines) is 1. The molecule has 2 heterocycles. The van der Waals surface area contributed by atoms with Crippen molar-refractivity contribution in [2.45, 2.75) is 23.8 Å². The molecule has 0 unspecified atom stereocenters. The molecule has 3 aromatic rings. The van der Waals surface area contributed by atoms with Gasteiger partial charge in [-0.25, -0.2) is 18.1 Å². The number of benzene rings is 2. The number of nitrogens with zero attached hydrogens (tertiary/aromatic N) is 2. The van der Waals surface area contributed by atoms with E-state index in [0.717, 1.165) is 11.0 Å². The lowest BCUT2D eigenvalue weighted by molar-refractivity contribution is 0.0711. The maximum absolute atomic E-state index is 12.7. The van der Waals surface area contributed by atoms with Crippen LogP contribution in [0.1, 0.15) is 23.2 Å². The zero-order valence-corrected chi connectivity index (χ0v) is 15.4. The highest BCUT2D eigenvalue weighted by molar-refractivity contribution is 7.89. The number of hydrogen-bond acceptors (Lipinski definition) is 4. The van der Waals surface area contributed by atoms with Crippen LogP contribution in [0.5, 0.6) is 0 Å². The summed E-state index contributed by atoms with van der Waals surface area (Å²) >= 11 is 0. The molecule has 0 bridgehead atoms. The molecule has 1 fully saturated rings. The first kappa shape index (κ1) is 17.7. The van der Waals surface area contributed by atoms with E-state index in [9.17, 15) is 13.2 Å². The lowest BCUT2D eigenvalue weighted by atomic mass is 10.0. The molecule has 2 aromatic carbocycles. The van der Waals surface area contributed by atoms with Crippen molar-refractivity contribution in [3.8, 4) is 0 Å². The highest BCUT2D eigenvalue weighted by Gasteiger charge is 2.27. The topological polar surface area (TPSA) is 95.2 Å². The Morgan fingerprint density at radius 1 is 1.11 bits per heavy atom. The number of carbonyl (C=O) groups is 1. The number of fused-ring (bicyclic) bond motifs is 1. The summed E-state index contributed by atoms with van der Waals surface area (Å²) in [6, 6.07) is 13.6. The Kier molecular flexibility index (Phi) is 4.67. The van der Waals surface area contributed by atoms with E-state index in [2.05, 4.69) is 14.7 Å². The quantitative estimate of drug-likeness (QED) is 0.720. The maximum Gasteiger partial charge on any atom is 0.253 e. The van der Waals surface area contributed by atoms with Crippen LogP contribution in [0, 0.1) is 0 Å². The summed E-state index contributed by atoms with van der Waals surface area (Å²) in [5.41, 5.74) is 2.25. The van der Waals surface area contributed by atoms with Crippen molar-refractivity contribution in [3.63, 3.8) is 0 Å². The van der Waals surface area contributed by atoms with Gasteiger partial charge in [-0.3, -0.25) is 4.79 Å². The Labute approximate surface area is 157 Å². The van der Waals surface area contributed by atoms with Crippen molar-refractivity contribution in [3.05, 3.63) is 60.4 Å². The summed E-state index contributed by atoms with van der Waals surface area (Å²) < 4.78 is 27.6. The van der Waals surface area contributed by atoms with Crippen molar-refractivity contribution in [1.29, 1.82) is 0 Å². The van der Waals surface area contributed by atoms with Crippen molar-refractivity contribution in [2.75, 3.05) is 13.1 Å². The molecule has 1 saturated heterocycles. The van der Waals surface area contributed by atoms with E-state index in [1.54, 1.807) is 53.7 Å². The second kappa shape index (κ2) is 7.13. The molecule has 7 nitrogen and oxygen atoms in total. The van der Waals surface area contributed by atoms with E-state index in [-0.39, 0.29) is 16.8 Å². The lowest BCUT2D eigenvalue weighted by Gasteiger charge is -2.32. The fraction of sp³-hybridized carbons (Fsp3) is 0.263. The second-order valence-corrected chi connectivity index (χ2v) is 8.35. The van der Waals surface area contributed by atoms with Crippen molar-refractivity contribution in [2.24, 2.45) is 0 Å². The van der Waals surface area contributed by atoms with Crippen LogP contribution in [0.3, 0.4) is 0 Å². The zero-order chi connectivity index (χ0) is 18.9. The van der Waals surface area contributed by atoms with Gasteiger partial charge in [-0.1, -0.05) is 18.2 Å². The first-order valence-corrected chi connectivity index (χ1v) is 10.3. The number of nitrogens with one attached hydrogen (secondary N) is 2. The summed E-state index contributed by atoms with van der Waals surface area (Å²) in [4.78, 5) is 21.9. The van der Waals surface area contributed by atoms with Crippen LogP contribution in [0.15, 0.2) is 59.8 Å². The Hall–Kier alpha value is -2.71. The van der Waals surface area contributed by atoms with Crippen LogP contribution in [0.2, 0.25) is 0 Å². The second-order valence-electron chi connectivity index (χ2n) is 6.64. The van der Waals surface area contributed by atoms with Gasteiger partial charge in [-0.15, -0.1) is 0 Å². The van der Waals surface area contributed by atoms with Gasteiger partial charge >= 0.3 is 0 Å². The van der Waals surface area contributed by atoms with Crippen LogP contribution >= 0.6 is 0 Å². The van der Waals surface area contributed by atoms with Gasteiger partial charge in [0, 0.05) is 24.7 Å². The number of carbonyl (C=O) groups excluding carboxylic acids is 1. The van der Waals surface area contributed by atoms with Crippen LogP contribution in [-0.2, 0) is 10.0 Å². The Balaban J connectivity index is 1.39. The fourth-order valence-corrected chi connectivity index (χ4v) is 4.66. The molecule has 2 N–H and O–H groups in total. The molecule has 0 radical (unpaired) electrons. The third-order valence-corrected chi connectivity index (χ3v) is 6.36. The molecule has 1 aromatic heterocycles. The van der Waals surface area contributed by atoms with E-state index >= 15 is 0 Å². The van der Waals surface area contributed by atoms with E-state index in [0.29, 0.717) is 31.5 Å². The highest BCUT2D eigenvalue weighted by Crippen LogP contribution is 2.18. The third-order valence-electron chi connectivity index (χ3n) is 4.82. The Bertz CT molecular complexity index is 1050. The van der Waals surface area contributed by atoms with Crippen LogP contribution in [0.4, 0.5) is 0 Å². The minimum Gasteiger partial charge on any atom is -0.345 e. The van der Waals surface area contributed by atoms with Crippen LogP contribution in [-0.4, -0.2) is 48.3 Å². The van der Waals surface area contributed by atoms with Gasteiger partial charge in [0.25, 0.3) is 5.91 Å². The largest absolute Gasteiger partial charge is 0.345 e. The highest BCUT2D eigenvalue weighted by atomic mass is 32.2. The molecule has 1 aliphatic rings. The van der Waals surface area contributed by atoms with Gasteiger partial charge in [-0.05, 0) is 43.2 Å². The van der Waals surface area contributed by atoms with Crippen LogP contribution < -0.4 is 4.72 Å². The van der Waals surface area contributed by atoms with E-state index in [1.165, 1.54) is 0 Å². The van der Waals surface area contributed by atoms with Gasteiger partial charge < -0.3 is 9.88 Å². The van der Waals surface area contributed by atoms with Gasteiger partial charge in [-0.2, -0.15) is 0 Å². The molecule has 4 rings (SSSR count). The predicted octanol–water partition coefficient (Wildman–Crippen LogP) is 2.15. The summed E-state index contributed by atoms with van der Waals surface area (Å²) in [5.74, 6) is -0.0455. The summed E-state index contributed by atoms with van der Waals surface area (Å²) in [6.07, 6.45) is 2.78. The number of rotatable bonds is 4. The lowest BCUT2D eigenvalue weighted by Crippen LogP contribution is -2.46. The average molecular weight is 384 g/mol. The molecule has 1 aliphatic heterocycles.